The van der Waals surface area contributed by atoms with Gasteiger partial charge in [-0.2, -0.15) is 0 Å². The molecule has 2 aromatic rings. The van der Waals surface area contributed by atoms with Gasteiger partial charge in [-0.05, 0) is 42.6 Å². The zero-order valence-electron chi connectivity index (χ0n) is 28.0. The molecule has 0 unspecified atom stereocenters. The molecule has 1 fully saturated rings. The van der Waals surface area contributed by atoms with Crippen LogP contribution in [0.1, 0.15) is 89.8 Å². The third kappa shape index (κ3) is 13.4. The molecule has 1 heterocycles. The summed E-state index contributed by atoms with van der Waals surface area (Å²) in [4.78, 5) is 57.8. The van der Waals surface area contributed by atoms with Crippen LogP contribution < -0.4 is 16.0 Å². The predicted molar refractivity (Wildman–Crippen MR) is 177 cm³/mol. The summed E-state index contributed by atoms with van der Waals surface area (Å²) in [7, 11) is 0. The molecule has 0 spiro atoms. The highest BCUT2D eigenvalue weighted by atomic mass is 16.5. The summed E-state index contributed by atoms with van der Waals surface area (Å²) in [5.74, 6) is -0.748. The number of ether oxygens (including phenoxy) is 1. The van der Waals surface area contributed by atoms with Crippen LogP contribution in [0.25, 0.3) is 0 Å². The lowest BCUT2D eigenvalue weighted by molar-refractivity contribution is -0.143. The summed E-state index contributed by atoms with van der Waals surface area (Å²) in [6, 6.07) is 6.27. The topological polar surface area (TPSA) is 183 Å². The van der Waals surface area contributed by atoms with Crippen molar-refractivity contribution in [3.05, 3.63) is 54.1 Å². The van der Waals surface area contributed by atoms with Crippen molar-refractivity contribution in [1.29, 1.82) is 0 Å². The van der Waals surface area contributed by atoms with Gasteiger partial charge in [-0.1, -0.05) is 83.2 Å². The van der Waals surface area contributed by atoms with E-state index in [-0.39, 0.29) is 37.3 Å². The highest BCUT2D eigenvalue weighted by Gasteiger charge is 2.33. The van der Waals surface area contributed by atoms with Crippen molar-refractivity contribution in [3.8, 4) is 0 Å². The molecule has 1 aromatic heterocycles. The van der Waals surface area contributed by atoms with Crippen molar-refractivity contribution in [2.75, 3.05) is 6.61 Å². The molecule has 5 atom stereocenters. The number of carbonyl (C=O) groups is 4. The second-order valence-electron chi connectivity index (χ2n) is 13.1. The Morgan fingerprint density at radius 2 is 1.66 bits per heavy atom. The number of aromatic amines is 1. The van der Waals surface area contributed by atoms with E-state index in [1.807, 2.05) is 6.07 Å². The van der Waals surface area contributed by atoms with E-state index in [0.717, 1.165) is 31.2 Å². The molecule has 3 amide bonds. The minimum atomic E-state index is -1.35. The van der Waals surface area contributed by atoms with E-state index in [2.05, 4.69) is 39.8 Å². The lowest BCUT2D eigenvalue weighted by Gasteiger charge is -2.34. The van der Waals surface area contributed by atoms with Crippen LogP contribution in [-0.4, -0.2) is 74.9 Å². The number of nitrogens with one attached hydrogen (secondary N) is 4. The standard InChI is InChI=1S/C35H53N5O7/c1-4-32(42)47-16-15-26(23(2)3)19-31(41)28(17-24-11-7-5-8-12-24)38-34(44)30(20-27-21-36-22-37-27)39-33(43)29(40-35(45)46)18-25-13-9-6-10-14-25/h6,9-10,13-14,21-24,26,28-31,40-41H,4-5,7-8,11-12,15-20H2,1-3H3,(H,36,37)(H,38,44)(H,39,43)(H,45,46)/t26-,28-,29-,30-,31-/m0/s1. The van der Waals surface area contributed by atoms with E-state index in [4.69, 9.17) is 4.74 Å². The second-order valence-corrected chi connectivity index (χ2v) is 13.1. The molecule has 1 saturated carbocycles. The zero-order chi connectivity index (χ0) is 34.2. The number of aromatic nitrogens is 2. The smallest absolute Gasteiger partial charge is 0.405 e. The summed E-state index contributed by atoms with van der Waals surface area (Å²) < 4.78 is 5.32. The third-order valence-electron chi connectivity index (χ3n) is 9.14. The molecule has 0 radical (unpaired) electrons. The van der Waals surface area contributed by atoms with Gasteiger partial charge in [0, 0.05) is 31.2 Å². The van der Waals surface area contributed by atoms with Crippen molar-refractivity contribution in [1.82, 2.24) is 25.9 Å². The molecule has 0 bridgehead atoms. The maximum absolute atomic E-state index is 14.0. The molecule has 0 aliphatic heterocycles. The number of hydrogen-bond donors (Lipinski definition) is 6. The molecule has 0 saturated heterocycles. The number of imidazole rings is 1. The van der Waals surface area contributed by atoms with Crippen LogP contribution in [0.5, 0.6) is 0 Å². The van der Waals surface area contributed by atoms with Gasteiger partial charge in [0.2, 0.25) is 11.8 Å². The van der Waals surface area contributed by atoms with Crippen molar-refractivity contribution < 1.29 is 34.1 Å². The number of nitrogens with zero attached hydrogens (tertiary/aromatic N) is 1. The average molecular weight is 656 g/mol. The maximum Gasteiger partial charge on any atom is 0.405 e. The van der Waals surface area contributed by atoms with Crippen LogP contribution in [0.3, 0.4) is 0 Å². The monoisotopic (exact) mass is 655 g/mol. The molecule has 12 heteroatoms. The second kappa shape index (κ2) is 19.7. The summed E-state index contributed by atoms with van der Waals surface area (Å²) >= 11 is 0. The van der Waals surface area contributed by atoms with Crippen LogP contribution in [0.4, 0.5) is 4.79 Å². The number of H-pyrrole nitrogens is 1. The minimum absolute atomic E-state index is 0.0572. The first-order valence-corrected chi connectivity index (χ1v) is 17.0. The Morgan fingerprint density at radius 3 is 2.28 bits per heavy atom. The van der Waals surface area contributed by atoms with Gasteiger partial charge in [-0.25, -0.2) is 9.78 Å². The molecule has 1 aromatic carbocycles. The number of aliphatic hydroxyl groups excluding tert-OH is 1. The zero-order valence-corrected chi connectivity index (χ0v) is 28.0. The number of amides is 3. The largest absolute Gasteiger partial charge is 0.466 e. The third-order valence-corrected chi connectivity index (χ3v) is 9.14. The number of benzene rings is 1. The van der Waals surface area contributed by atoms with Crippen LogP contribution in [0.2, 0.25) is 0 Å². The number of carboxylic acid groups (broad SMARTS) is 1. The molecular formula is C35H53N5O7. The van der Waals surface area contributed by atoms with Crippen molar-refractivity contribution >= 4 is 23.9 Å². The van der Waals surface area contributed by atoms with E-state index in [1.54, 1.807) is 37.4 Å². The maximum atomic E-state index is 14.0. The molecule has 47 heavy (non-hydrogen) atoms. The molecule has 1 aliphatic rings. The van der Waals surface area contributed by atoms with Crippen LogP contribution >= 0.6 is 0 Å². The van der Waals surface area contributed by atoms with Gasteiger partial charge in [0.25, 0.3) is 0 Å². The van der Waals surface area contributed by atoms with E-state index in [0.29, 0.717) is 37.3 Å². The van der Waals surface area contributed by atoms with Gasteiger partial charge in [0.1, 0.15) is 12.1 Å². The first kappa shape index (κ1) is 37.5. The first-order chi connectivity index (χ1) is 22.5. The number of aliphatic hydroxyl groups is 1. The van der Waals surface area contributed by atoms with Crippen molar-refractivity contribution in [2.45, 2.75) is 116 Å². The van der Waals surface area contributed by atoms with Gasteiger partial charge in [0.15, 0.2) is 0 Å². The van der Waals surface area contributed by atoms with Crippen LogP contribution in [0, 0.1) is 17.8 Å². The number of carbonyl (C=O) groups excluding carboxylic acids is 3. The fraction of sp³-hybridized carbons (Fsp3) is 0.629. The van der Waals surface area contributed by atoms with Crippen LogP contribution in [0.15, 0.2) is 42.9 Å². The number of esters is 1. The summed E-state index contributed by atoms with van der Waals surface area (Å²) in [6.45, 7) is 6.16. The van der Waals surface area contributed by atoms with Gasteiger partial charge in [-0.3, -0.25) is 14.4 Å². The normalized spacial score (nSPS) is 16.8. The van der Waals surface area contributed by atoms with E-state index < -0.39 is 42.1 Å². The van der Waals surface area contributed by atoms with E-state index >= 15 is 0 Å². The Balaban J connectivity index is 1.79. The Hall–Kier alpha value is -3.93. The fourth-order valence-electron chi connectivity index (χ4n) is 6.31. The molecule has 12 nitrogen and oxygen atoms in total. The first-order valence-electron chi connectivity index (χ1n) is 17.0. The van der Waals surface area contributed by atoms with Gasteiger partial charge in [0.05, 0.1) is 25.1 Å². The van der Waals surface area contributed by atoms with Crippen LogP contribution in [-0.2, 0) is 32.0 Å². The predicted octanol–water partition coefficient (Wildman–Crippen LogP) is 4.14. The molecule has 6 N–H and O–H groups in total. The minimum Gasteiger partial charge on any atom is -0.466 e. The van der Waals surface area contributed by atoms with E-state index in [9.17, 15) is 29.4 Å². The fourth-order valence-corrected chi connectivity index (χ4v) is 6.31. The average Bonchev–Trinajstić information content (AvgIpc) is 3.57. The number of hydrogen-bond acceptors (Lipinski definition) is 7. The van der Waals surface area contributed by atoms with E-state index in [1.165, 1.54) is 12.7 Å². The Labute approximate surface area is 277 Å². The Morgan fingerprint density at radius 1 is 0.979 bits per heavy atom. The molecular weight excluding hydrogens is 602 g/mol. The van der Waals surface area contributed by atoms with Gasteiger partial charge < -0.3 is 35.9 Å². The highest BCUT2D eigenvalue weighted by molar-refractivity contribution is 5.91. The SMILES string of the molecule is CCC(=O)OCC[C@@H](C[C@H](O)[C@H](CC1CCCCC1)NC(=O)[C@H](Cc1cnc[nH]1)NC(=O)[C@H](Cc1ccccc1)NC(=O)O)C(C)C. The molecule has 1 aliphatic carbocycles. The van der Waals surface area contributed by atoms with Gasteiger partial charge >= 0.3 is 12.1 Å². The summed E-state index contributed by atoms with van der Waals surface area (Å²) in [5, 5.41) is 29.2. The summed E-state index contributed by atoms with van der Waals surface area (Å²) in [5.41, 5.74) is 1.37. The van der Waals surface area contributed by atoms with Crippen molar-refractivity contribution in [3.63, 3.8) is 0 Å². The van der Waals surface area contributed by atoms with Crippen molar-refractivity contribution in [2.24, 2.45) is 17.8 Å². The molecule has 260 valence electrons. The Bertz CT molecular complexity index is 1230. The Kier molecular flexibility index (Phi) is 15.7. The summed E-state index contributed by atoms with van der Waals surface area (Å²) in [6.07, 6.45) is 8.39. The lowest BCUT2D eigenvalue weighted by Crippen LogP contribution is -2.57. The molecule has 3 rings (SSSR count). The number of rotatable bonds is 19. The quantitative estimate of drug-likeness (QED) is 0.122. The van der Waals surface area contributed by atoms with Gasteiger partial charge in [-0.15, -0.1) is 0 Å². The highest BCUT2D eigenvalue weighted by Crippen LogP contribution is 2.30. The lowest BCUT2D eigenvalue weighted by atomic mass is 9.80.